The van der Waals surface area contributed by atoms with Crippen LogP contribution >= 0.6 is 0 Å². The van der Waals surface area contributed by atoms with Crippen molar-refractivity contribution < 1.29 is 9.31 Å². The lowest BCUT2D eigenvalue weighted by atomic mass is 9.78. The third-order valence-electron chi connectivity index (χ3n) is 6.44. The molecule has 0 radical (unpaired) electrons. The molecule has 5 heteroatoms. The zero-order valence-corrected chi connectivity index (χ0v) is 17.6. The highest BCUT2D eigenvalue weighted by Gasteiger charge is 2.51. The number of aromatic nitrogens is 2. The van der Waals surface area contributed by atoms with Gasteiger partial charge in [-0.15, -0.1) is 0 Å². The van der Waals surface area contributed by atoms with Gasteiger partial charge in [-0.3, -0.25) is 0 Å². The van der Waals surface area contributed by atoms with Gasteiger partial charge in [-0.05, 0) is 62.1 Å². The fourth-order valence-electron chi connectivity index (χ4n) is 3.93. The summed E-state index contributed by atoms with van der Waals surface area (Å²) in [5.41, 5.74) is 3.64. The first kappa shape index (κ1) is 18.4. The molecule has 1 aliphatic rings. The third-order valence-corrected chi connectivity index (χ3v) is 6.44. The van der Waals surface area contributed by atoms with Gasteiger partial charge in [0.15, 0.2) is 0 Å². The van der Waals surface area contributed by atoms with Gasteiger partial charge in [-0.2, -0.15) is 0 Å². The van der Waals surface area contributed by atoms with Crippen molar-refractivity contribution in [3.63, 3.8) is 0 Å². The number of fused-ring (bicyclic) bond motifs is 2. The summed E-state index contributed by atoms with van der Waals surface area (Å²) in [6.45, 7) is 8.32. The summed E-state index contributed by atoms with van der Waals surface area (Å²) < 4.78 is 14.6. The Balaban J connectivity index is 1.52. The van der Waals surface area contributed by atoms with E-state index >= 15 is 0 Å². The molecule has 0 N–H and O–H groups in total. The van der Waals surface area contributed by atoms with Crippen molar-refractivity contribution >= 4 is 34.4 Å². The highest BCUT2D eigenvalue weighted by atomic mass is 16.7. The molecule has 0 unspecified atom stereocenters. The monoisotopic (exact) mass is 384 g/mol. The summed E-state index contributed by atoms with van der Waals surface area (Å²) in [6, 6.07) is 21.1. The van der Waals surface area contributed by atoms with Gasteiger partial charge >= 0.3 is 7.12 Å². The topological polar surface area (TPSA) is 36.3 Å². The van der Waals surface area contributed by atoms with E-state index < -0.39 is 0 Å². The van der Waals surface area contributed by atoms with Gasteiger partial charge in [0.05, 0.1) is 22.2 Å². The van der Waals surface area contributed by atoms with E-state index in [1.54, 1.807) is 0 Å². The highest BCUT2D eigenvalue weighted by molar-refractivity contribution is 6.62. The molecule has 2 heterocycles. The Morgan fingerprint density at radius 2 is 1.48 bits per heavy atom. The quantitative estimate of drug-likeness (QED) is 0.471. The van der Waals surface area contributed by atoms with E-state index in [2.05, 4.69) is 87.8 Å². The van der Waals surface area contributed by atoms with Crippen molar-refractivity contribution in [2.75, 3.05) is 0 Å². The van der Waals surface area contributed by atoms with E-state index in [9.17, 15) is 0 Å². The minimum absolute atomic E-state index is 0.337. The SMILES string of the molecule is Cn1c(-c2ccc3cc(B4OC(C)(C)C(C)(C)O4)ccc3c2)nc2ccccc21. The average molecular weight is 384 g/mol. The maximum Gasteiger partial charge on any atom is 0.494 e. The molecule has 0 spiro atoms. The van der Waals surface area contributed by atoms with Gasteiger partial charge in [0, 0.05) is 12.6 Å². The predicted octanol–water partition coefficient (Wildman–Crippen LogP) is 4.69. The molecule has 1 aliphatic heterocycles. The van der Waals surface area contributed by atoms with Crippen LogP contribution in [0, 0.1) is 0 Å². The largest absolute Gasteiger partial charge is 0.494 e. The molecule has 1 aromatic heterocycles. The molecule has 29 heavy (non-hydrogen) atoms. The fourth-order valence-corrected chi connectivity index (χ4v) is 3.93. The molecule has 1 fully saturated rings. The van der Waals surface area contributed by atoms with Gasteiger partial charge < -0.3 is 13.9 Å². The Kier molecular flexibility index (Phi) is 3.93. The average Bonchev–Trinajstić information content (AvgIpc) is 3.14. The van der Waals surface area contributed by atoms with Crippen LogP contribution in [0.5, 0.6) is 0 Å². The fraction of sp³-hybridized carbons (Fsp3) is 0.292. The molecule has 1 saturated heterocycles. The second-order valence-electron chi connectivity index (χ2n) is 8.89. The first-order valence-electron chi connectivity index (χ1n) is 10.1. The summed E-state index contributed by atoms with van der Waals surface area (Å²) in [5, 5.41) is 2.34. The van der Waals surface area contributed by atoms with Crippen LogP contribution in [0.1, 0.15) is 27.7 Å². The molecule has 0 atom stereocenters. The number of aryl methyl sites for hydroxylation is 1. The minimum atomic E-state index is -0.344. The van der Waals surface area contributed by atoms with Crippen molar-refractivity contribution in [1.29, 1.82) is 0 Å². The van der Waals surface area contributed by atoms with Crippen molar-refractivity contribution in [3.8, 4) is 11.4 Å². The summed E-state index contributed by atoms with van der Waals surface area (Å²) in [5.74, 6) is 0.975. The Labute approximate surface area is 171 Å². The molecule has 0 aliphatic carbocycles. The van der Waals surface area contributed by atoms with Crippen molar-refractivity contribution in [2.45, 2.75) is 38.9 Å². The third kappa shape index (κ3) is 2.88. The van der Waals surface area contributed by atoms with Gasteiger partial charge in [0.1, 0.15) is 5.82 Å². The predicted molar refractivity (Wildman–Crippen MR) is 119 cm³/mol. The van der Waals surface area contributed by atoms with Crippen LogP contribution in [0.15, 0.2) is 60.7 Å². The number of para-hydroxylation sites is 2. The Hall–Kier alpha value is -2.63. The normalized spacial score (nSPS) is 18.0. The number of hydrogen-bond acceptors (Lipinski definition) is 3. The van der Waals surface area contributed by atoms with Gasteiger partial charge in [-0.1, -0.05) is 42.5 Å². The van der Waals surface area contributed by atoms with Crippen molar-refractivity contribution in [3.05, 3.63) is 60.7 Å². The van der Waals surface area contributed by atoms with E-state index in [1.165, 1.54) is 10.8 Å². The summed E-state index contributed by atoms with van der Waals surface area (Å²) >= 11 is 0. The number of nitrogens with zero attached hydrogens (tertiary/aromatic N) is 2. The molecule has 0 bridgehead atoms. The molecule has 4 aromatic rings. The van der Waals surface area contributed by atoms with Crippen LogP contribution < -0.4 is 5.46 Å². The summed E-state index contributed by atoms with van der Waals surface area (Å²) in [6.07, 6.45) is 0. The van der Waals surface area contributed by atoms with Crippen LogP contribution in [-0.4, -0.2) is 27.9 Å². The minimum Gasteiger partial charge on any atom is -0.399 e. The molecule has 0 saturated carbocycles. The number of rotatable bonds is 2. The summed E-state index contributed by atoms with van der Waals surface area (Å²) in [4.78, 5) is 4.82. The van der Waals surface area contributed by atoms with Crippen LogP contribution in [0.25, 0.3) is 33.2 Å². The molecule has 146 valence electrons. The lowest BCUT2D eigenvalue weighted by Crippen LogP contribution is -2.41. The van der Waals surface area contributed by atoms with Crippen LogP contribution in [0.4, 0.5) is 0 Å². The Bertz CT molecular complexity index is 1230. The lowest BCUT2D eigenvalue weighted by molar-refractivity contribution is 0.00578. The first-order valence-corrected chi connectivity index (χ1v) is 10.1. The van der Waals surface area contributed by atoms with Crippen LogP contribution in [0.2, 0.25) is 0 Å². The van der Waals surface area contributed by atoms with Crippen LogP contribution in [0.3, 0.4) is 0 Å². The maximum absolute atomic E-state index is 6.21. The highest BCUT2D eigenvalue weighted by Crippen LogP contribution is 2.36. The lowest BCUT2D eigenvalue weighted by Gasteiger charge is -2.32. The van der Waals surface area contributed by atoms with Gasteiger partial charge in [-0.25, -0.2) is 4.98 Å². The van der Waals surface area contributed by atoms with E-state index in [0.29, 0.717) is 0 Å². The van der Waals surface area contributed by atoms with E-state index in [0.717, 1.165) is 27.9 Å². The number of imidazole rings is 1. The number of benzene rings is 3. The first-order chi connectivity index (χ1) is 13.7. The second-order valence-corrected chi connectivity index (χ2v) is 8.89. The number of hydrogen-bond donors (Lipinski definition) is 0. The molecular formula is C24H25BN2O2. The molecule has 0 amide bonds. The van der Waals surface area contributed by atoms with Crippen LogP contribution in [-0.2, 0) is 16.4 Å². The smallest absolute Gasteiger partial charge is 0.399 e. The zero-order valence-electron chi connectivity index (χ0n) is 17.6. The summed E-state index contributed by atoms with van der Waals surface area (Å²) in [7, 11) is 1.72. The maximum atomic E-state index is 6.21. The Morgan fingerprint density at radius 3 is 2.21 bits per heavy atom. The van der Waals surface area contributed by atoms with Gasteiger partial charge in [0.2, 0.25) is 0 Å². The van der Waals surface area contributed by atoms with Crippen molar-refractivity contribution in [1.82, 2.24) is 9.55 Å². The van der Waals surface area contributed by atoms with Gasteiger partial charge in [0.25, 0.3) is 0 Å². The zero-order chi connectivity index (χ0) is 20.4. The molecular weight excluding hydrogens is 359 g/mol. The van der Waals surface area contributed by atoms with E-state index in [1.807, 2.05) is 12.1 Å². The van der Waals surface area contributed by atoms with E-state index in [-0.39, 0.29) is 18.3 Å². The molecule has 3 aromatic carbocycles. The second kappa shape index (κ2) is 6.18. The van der Waals surface area contributed by atoms with Crippen molar-refractivity contribution in [2.24, 2.45) is 7.05 Å². The Morgan fingerprint density at radius 1 is 0.828 bits per heavy atom. The standard InChI is InChI=1S/C24H25BN2O2/c1-23(2)24(3,4)29-25(28-23)19-13-12-16-14-18(11-10-17(16)15-19)22-26-20-8-6-7-9-21(20)27(22)5/h6-15H,1-5H3. The van der Waals surface area contributed by atoms with E-state index in [4.69, 9.17) is 14.3 Å². The molecule has 4 nitrogen and oxygen atoms in total. The molecule has 5 rings (SSSR count).